The number of alkyl halides is 3. The highest BCUT2D eigenvalue weighted by Gasteiger charge is 2.37. The summed E-state index contributed by atoms with van der Waals surface area (Å²) in [5.41, 5.74) is -1.22. The minimum atomic E-state index is -4.84. The number of carbonyl (C=O) groups excluding carboxylic acids is 1. The van der Waals surface area contributed by atoms with Gasteiger partial charge in [0.1, 0.15) is 11.3 Å². The molecule has 0 N–H and O–H groups in total. The largest absolute Gasteiger partial charge is 0.501 e. The molecular formula is C16H13ClF3NO3. The van der Waals surface area contributed by atoms with Crippen molar-refractivity contribution in [2.45, 2.75) is 20.0 Å². The van der Waals surface area contributed by atoms with Crippen LogP contribution < -0.4 is 4.74 Å². The van der Waals surface area contributed by atoms with E-state index in [-0.39, 0.29) is 22.9 Å². The minimum Gasteiger partial charge on any atom is -0.501 e. The molecule has 1 rings (SSSR count). The first-order valence-electron chi connectivity index (χ1n) is 6.68. The number of rotatable bonds is 6. The third-order valence-electron chi connectivity index (χ3n) is 2.59. The van der Waals surface area contributed by atoms with E-state index >= 15 is 0 Å². The van der Waals surface area contributed by atoms with E-state index in [0.717, 1.165) is 13.2 Å². The van der Waals surface area contributed by atoms with Gasteiger partial charge < -0.3 is 9.47 Å². The van der Waals surface area contributed by atoms with Gasteiger partial charge in [-0.25, -0.2) is 0 Å². The topological polar surface area (TPSA) is 59.3 Å². The van der Waals surface area contributed by atoms with Gasteiger partial charge in [-0.05, 0) is 31.2 Å². The molecule has 1 aromatic carbocycles. The lowest BCUT2D eigenvalue weighted by Crippen LogP contribution is -2.19. The Bertz CT molecular complexity index is 718. The molecule has 0 bridgehead atoms. The lowest BCUT2D eigenvalue weighted by molar-refractivity contribution is -0.118. The van der Waals surface area contributed by atoms with E-state index in [0.29, 0.717) is 6.08 Å². The van der Waals surface area contributed by atoms with Gasteiger partial charge in [-0.1, -0.05) is 11.6 Å². The summed E-state index contributed by atoms with van der Waals surface area (Å²) in [6.07, 6.45) is -3.41. The fraction of sp³-hybridized carbons (Fsp3) is 0.250. The van der Waals surface area contributed by atoms with E-state index in [1.165, 1.54) is 18.2 Å². The Morgan fingerprint density at radius 1 is 1.38 bits per heavy atom. The smallest absolute Gasteiger partial charge is 0.420 e. The zero-order valence-electron chi connectivity index (χ0n) is 12.8. The molecule has 0 aliphatic rings. The second-order valence-electron chi connectivity index (χ2n) is 4.44. The van der Waals surface area contributed by atoms with Gasteiger partial charge in [0.2, 0.25) is 0 Å². The summed E-state index contributed by atoms with van der Waals surface area (Å²) in [5, 5.41) is 8.95. The van der Waals surface area contributed by atoms with Crippen LogP contribution >= 0.6 is 11.6 Å². The summed E-state index contributed by atoms with van der Waals surface area (Å²) in [4.78, 5) is 11.7. The number of allylic oxidation sites excluding steroid dienone is 3. The number of halogens is 4. The van der Waals surface area contributed by atoms with Crippen LogP contribution in [0.1, 0.15) is 19.4 Å². The Labute approximate surface area is 141 Å². The molecule has 4 nitrogen and oxygen atoms in total. The summed E-state index contributed by atoms with van der Waals surface area (Å²) >= 11 is 5.78. The van der Waals surface area contributed by atoms with Crippen LogP contribution in [0.15, 0.2) is 41.9 Å². The number of ketones is 1. The maximum absolute atomic E-state index is 13.2. The molecule has 0 heterocycles. The number of ether oxygens (including phenoxy) is 2. The number of carbonyl (C=O) groups is 1. The van der Waals surface area contributed by atoms with Crippen LogP contribution in [0.4, 0.5) is 13.2 Å². The van der Waals surface area contributed by atoms with Crippen LogP contribution in [0, 0.1) is 11.3 Å². The van der Waals surface area contributed by atoms with E-state index in [2.05, 4.69) is 0 Å². The van der Waals surface area contributed by atoms with Gasteiger partial charge in [-0.2, -0.15) is 18.4 Å². The van der Waals surface area contributed by atoms with Crippen molar-refractivity contribution >= 4 is 17.4 Å². The molecule has 24 heavy (non-hydrogen) atoms. The predicted molar refractivity (Wildman–Crippen MR) is 81.3 cm³/mol. The molecule has 0 aliphatic heterocycles. The maximum Gasteiger partial charge on any atom is 0.420 e. The van der Waals surface area contributed by atoms with E-state index < -0.39 is 23.3 Å². The molecule has 0 fully saturated rings. The van der Waals surface area contributed by atoms with E-state index in [9.17, 15) is 18.0 Å². The Hall–Kier alpha value is -2.46. The van der Waals surface area contributed by atoms with Crippen molar-refractivity contribution < 1.29 is 27.4 Å². The number of Topliss-reactive ketones (excluding diaryl/α,β-unsaturated/α-hetero) is 1. The normalized spacial score (nSPS) is 12.5. The molecule has 0 spiro atoms. The molecule has 0 saturated carbocycles. The molecule has 0 saturated heterocycles. The molecule has 0 atom stereocenters. The molecule has 1 aromatic rings. The Morgan fingerprint density at radius 3 is 2.54 bits per heavy atom. The van der Waals surface area contributed by atoms with Gasteiger partial charge >= 0.3 is 6.18 Å². The average molecular weight is 360 g/mol. The van der Waals surface area contributed by atoms with Gasteiger partial charge in [0.15, 0.2) is 11.5 Å². The fourth-order valence-electron chi connectivity index (χ4n) is 1.63. The van der Waals surface area contributed by atoms with Crippen LogP contribution in [0.2, 0.25) is 5.02 Å². The molecule has 0 unspecified atom stereocenters. The summed E-state index contributed by atoms with van der Waals surface area (Å²) in [6, 6.07) is 5.48. The predicted octanol–water partition coefficient (Wildman–Crippen LogP) is 4.55. The molecule has 8 heteroatoms. The molecule has 128 valence electrons. The van der Waals surface area contributed by atoms with Crippen molar-refractivity contribution in [1.29, 1.82) is 5.26 Å². The average Bonchev–Trinajstić information content (AvgIpc) is 2.48. The van der Waals surface area contributed by atoms with Gasteiger partial charge in [-0.3, -0.25) is 4.79 Å². The summed E-state index contributed by atoms with van der Waals surface area (Å²) in [7, 11) is 0. The first kappa shape index (κ1) is 19.6. The summed E-state index contributed by atoms with van der Waals surface area (Å²) in [6.45, 7) is 2.70. The van der Waals surface area contributed by atoms with Crippen molar-refractivity contribution in [1.82, 2.24) is 0 Å². The highest BCUT2D eigenvalue weighted by molar-refractivity contribution is 6.30. The van der Waals surface area contributed by atoms with Crippen LogP contribution in [-0.2, 0) is 9.53 Å². The van der Waals surface area contributed by atoms with Crippen molar-refractivity contribution in [2.75, 3.05) is 6.61 Å². The van der Waals surface area contributed by atoms with Gasteiger partial charge in [-0.15, -0.1) is 0 Å². The maximum atomic E-state index is 13.2. The number of benzene rings is 1. The lowest BCUT2D eigenvalue weighted by atomic mass is 10.1. The van der Waals surface area contributed by atoms with Crippen LogP contribution in [-0.4, -0.2) is 18.6 Å². The minimum absolute atomic E-state index is 0.0822. The number of hydrogen-bond acceptors (Lipinski definition) is 4. The zero-order valence-corrected chi connectivity index (χ0v) is 13.5. The third-order valence-corrected chi connectivity index (χ3v) is 2.81. The number of nitrogens with zero attached hydrogens (tertiary/aromatic N) is 1. The lowest BCUT2D eigenvalue weighted by Gasteiger charge is -2.14. The Morgan fingerprint density at radius 2 is 2.04 bits per heavy atom. The zero-order chi connectivity index (χ0) is 18.3. The van der Waals surface area contributed by atoms with Crippen LogP contribution in [0.5, 0.6) is 5.75 Å². The highest BCUT2D eigenvalue weighted by Crippen LogP contribution is 2.32. The standard InChI is InChI=1S/C16H13ClF3NO3/c1-3-23-5-4-14(16(18,19)20)15(10(2)22)24-13-7-11(9-21)6-12(17)8-13/h4-8H,3H2,1-2H3/b5-4+,15-14+. The van der Waals surface area contributed by atoms with Crippen molar-refractivity contribution in [3.05, 3.63) is 52.5 Å². The molecule has 0 amide bonds. The highest BCUT2D eigenvalue weighted by atomic mass is 35.5. The summed E-state index contributed by atoms with van der Waals surface area (Å²) < 4.78 is 49.5. The molecule has 0 aliphatic carbocycles. The Balaban J connectivity index is 3.40. The van der Waals surface area contributed by atoms with Gasteiger partial charge in [0.05, 0.1) is 24.5 Å². The fourth-order valence-corrected chi connectivity index (χ4v) is 1.86. The second kappa shape index (κ2) is 8.41. The third kappa shape index (κ3) is 5.63. The van der Waals surface area contributed by atoms with Crippen LogP contribution in [0.25, 0.3) is 0 Å². The molecular weight excluding hydrogens is 347 g/mol. The molecule has 0 radical (unpaired) electrons. The second-order valence-corrected chi connectivity index (χ2v) is 4.88. The van der Waals surface area contributed by atoms with E-state index in [1.54, 1.807) is 13.0 Å². The van der Waals surface area contributed by atoms with E-state index in [4.69, 9.17) is 26.3 Å². The first-order valence-corrected chi connectivity index (χ1v) is 7.06. The number of hydrogen-bond donors (Lipinski definition) is 0. The van der Waals surface area contributed by atoms with Crippen molar-refractivity contribution in [2.24, 2.45) is 0 Å². The van der Waals surface area contributed by atoms with E-state index in [1.807, 2.05) is 0 Å². The number of nitriles is 1. The monoisotopic (exact) mass is 359 g/mol. The van der Waals surface area contributed by atoms with Crippen molar-refractivity contribution in [3.8, 4) is 11.8 Å². The molecule has 0 aromatic heterocycles. The van der Waals surface area contributed by atoms with Crippen LogP contribution in [0.3, 0.4) is 0 Å². The quantitative estimate of drug-likeness (QED) is 0.425. The van der Waals surface area contributed by atoms with Gasteiger partial charge in [0.25, 0.3) is 0 Å². The van der Waals surface area contributed by atoms with Gasteiger partial charge in [0, 0.05) is 11.9 Å². The first-order chi connectivity index (χ1) is 11.2. The Kier molecular flexibility index (Phi) is 6.86. The van der Waals surface area contributed by atoms with Crippen molar-refractivity contribution in [3.63, 3.8) is 0 Å². The SMILES string of the molecule is CCO/C=C/C(=C(\Oc1cc(Cl)cc(C#N)c1)C(C)=O)C(F)(F)F. The summed E-state index contributed by atoms with van der Waals surface area (Å²) in [5.74, 6) is -2.03.